The minimum Gasteiger partial charge on any atom is -0.360 e. The van der Waals surface area contributed by atoms with Crippen LogP contribution in [0.25, 0.3) is 0 Å². The van der Waals surface area contributed by atoms with Crippen molar-refractivity contribution in [3.63, 3.8) is 0 Å². The van der Waals surface area contributed by atoms with E-state index in [1.54, 1.807) is 0 Å². The zero-order chi connectivity index (χ0) is 19.0. The lowest BCUT2D eigenvalue weighted by Crippen LogP contribution is -2.64. The molecule has 2 amide bonds. The fourth-order valence-electron chi connectivity index (χ4n) is 5.71. The predicted molar refractivity (Wildman–Crippen MR) is 101 cm³/mol. The highest BCUT2D eigenvalue weighted by molar-refractivity contribution is 5.93. The number of ether oxygens (including phenoxy) is 1. The third kappa shape index (κ3) is 2.52. The number of amides is 2. The summed E-state index contributed by atoms with van der Waals surface area (Å²) < 4.78 is 6.24. The fraction of sp³-hybridized carbons (Fsp3) is 0.810. The maximum Gasteiger partial charge on any atom is 0.230 e. The zero-order valence-corrected chi connectivity index (χ0v) is 16.7. The second-order valence-electron chi connectivity index (χ2n) is 9.99. The Balaban J connectivity index is 1.31. The van der Waals surface area contributed by atoms with E-state index < -0.39 is 5.60 Å². The van der Waals surface area contributed by atoms with Crippen LogP contribution in [0.1, 0.15) is 40.0 Å². The lowest BCUT2D eigenvalue weighted by Gasteiger charge is -2.48. The average molecular weight is 373 g/mol. The van der Waals surface area contributed by atoms with Crippen molar-refractivity contribution in [2.24, 2.45) is 11.8 Å². The normalized spacial score (nSPS) is 39.2. The van der Waals surface area contributed by atoms with Gasteiger partial charge in [0.15, 0.2) is 0 Å². The Morgan fingerprint density at radius 3 is 2.56 bits per heavy atom. The van der Waals surface area contributed by atoms with Crippen LogP contribution in [0.4, 0.5) is 0 Å². The number of likely N-dealkylation sites (tertiary alicyclic amines) is 3. The first-order valence-corrected chi connectivity index (χ1v) is 10.5. The van der Waals surface area contributed by atoms with E-state index in [0.717, 1.165) is 26.2 Å². The van der Waals surface area contributed by atoms with Gasteiger partial charge in [-0.05, 0) is 46.7 Å². The molecule has 0 N–H and O–H groups in total. The monoisotopic (exact) mass is 373 g/mol. The summed E-state index contributed by atoms with van der Waals surface area (Å²) in [6, 6.07) is 0.503. The van der Waals surface area contributed by atoms with Crippen molar-refractivity contribution in [2.75, 3.05) is 32.7 Å². The number of carbonyl (C=O) groups is 2. The van der Waals surface area contributed by atoms with E-state index >= 15 is 0 Å². The summed E-state index contributed by atoms with van der Waals surface area (Å²) in [5, 5.41) is 0. The van der Waals surface area contributed by atoms with Crippen LogP contribution in [-0.2, 0) is 14.3 Å². The average Bonchev–Trinajstić information content (AvgIpc) is 3.22. The first-order chi connectivity index (χ1) is 12.8. The first kappa shape index (κ1) is 17.7. The number of nitrogens with zero attached hydrogens (tertiary/aromatic N) is 3. The van der Waals surface area contributed by atoms with E-state index in [-0.39, 0.29) is 35.3 Å². The molecule has 6 heteroatoms. The van der Waals surface area contributed by atoms with Gasteiger partial charge in [-0.15, -0.1) is 0 Å². The van der Waals surface area contributed by atoms with Gasteiger partial charge in [-0.3, -0.25) is 14.5 Å². The topological polar surface area (TPSA) is 53.1 Å². The molecule has 4 saturated heterocycles. The Kier molecular flexibility index (Phi) is 3.80. The van der Waals surface area contributed by atoms with Crippen LogP contribution in [0.15, 0.2) is 12.2 Å². The number of carbonyl (C=O) groups excluding carboxylic acids is 2. The highest BCUT2D eigenvalue weighted by atomic mass is 16.5. The predicted octanol–water partition coefficient (Wildman–Crippen LogP) is 1.26. The number of fused-ring (bicyclic) bond motifs is 1. The summed E-state index contributed by atoms with van der Waals surface area (Å²) in [6.07, 6.45) is 7.70. The molecule has 1 spiro atoms. The number of hydrogen-bond donors (Lipinski definition) is 0. The van der Waals surface area contributed by atoms with Crippen molar-refractivity contribution in [3.8, 4) is 0 Å². The fourth-order valence-corrected chi connectivity index (χ4v) is 5.71. The largest absolute Gasteiger partial charge is 0.360 e. The quantitative estimate of drug-likeness (QED) is 0.684. The molecule has 0 aromatic carbocycles. The van der Waals surface area contributed by atoms with Gasteiger partial charge in [0.1, 0.15) is 5.60 Å². The van der Waals surface area contributed by atoms with Crippen LogP contribution in [-0.4, -0.2) is 82.5 Å². The number of hydrogen-bond acceptors (Lipinski definition) is 4. The lowest BCUT2D eigenvalue weighted by molar-refractivity contribution is -0.150. The summed E-state index contributed by atoms with van der Waals surface area (Å²) in [7, 11) is 0. The molecule has 0 aromatic heterocycles. The van der Waals surface area contributed by atoms with Crippen molar-refractivity contribution < 1.29 is 14.3 Å². The molecule has 5 rings (SSSR count). The molecule has 0 saturated carbocycles. The van der Waals surface area contributed by atoms with Crippen molar-refractivity contribution >= 4 is 11.8 Å². The molecule has 2 bridgehead atoms. The molecule has 0 aliphatic carbocycles. The van der Waals surface area contributed by atoms with Gasteiger partial charge in [0.05, 0.1) is 24.5 Å². The van der Waals surface area contributed by atoms with Gasteiger partial charge < -0.3 is 14.5 Å². The van der Waals surface area contributed by atoms with Crippen molar-refractivity contribution in [2.45, 2.75) is 63.3 Å². The van der Waals surface area contributed by atoms with Gasteiger partial charge >= 0.3 is 0 Å². The van der Waals surface area contributed by atoms with E-state index in [9.17, 15) is 9.59 Å². The van der Waals surface area contributed by atoms with E-state index in [1.165, 1.54) is 19.3 Å². The Morgan fingerprint density at radius 2 is 1.89 bits per heavy atom. The maximum absolute atomic E-state index is 13.3. The highest BCUT2D eigenvalue weighted by Gasteiger charge is 2.68. The highest BCUT2D eigenvalue weighted by Crippen LogP contribution is 2.53. The molecule has 4 fully saturated rings. The van der Waals surface area contributed by atoms with Crippen LogP contribution in [0.3, 0.4) is 0 Å². The van der Waals surface area contributed by atoms with E-state index in [2.05, 4.69) is 4.90 Å². The molecular weight excluding hydrogens is 342 g/mol. The Bertz CT molecular complexity index is 687. The Morgan fingerprint density at radius 1 is 1.19 bits per heavy atom. The molecule has 2 unspecified atom stereocenters. The standard InChI is InChI=1S/C21H31N3O3/c1-20(2,3)24-13-21-8-7-15(27-21)16(17(21)19(24)26)18(25)23-11-14(12-23)22-9-5-4-6-10-22/h7-8,14-17H,4-6,9-13H2,1-3H3/t15-,16?,17?,21-/m0/s1. The molecule has 4 atom stereocenters. The molecule has 5 aliphatic rings. The molecule has 148 valence electrons. The molecule has 5 heterocycles. The van der Waals surface area contributed by atoms with E-state index in [1.807, 2.05) is 42.7 Å². The first-order valence-electron chi connectivity index (χ1n) is 10.5. The number of rotatable bonds is 2. The molecule has 6 nitrogen and oxygen atoms in total. The number of piperidine rings is 1. The van der Waals surface area contributed by atoms with Crippen molar-refractivity contribution in [3.05, 3.63) is 12.2 Å². The van der Waals surface area contributed by atoms with Crippen molar-refractivity contribution in [1.29, 1.82) is 0 Å². The summed E-state index contributed by atoms with van der Waals surface area (Å²) in [5.41, 5.74) is -0.846. The summed E-state index contributed by atoms with van der Waals surface area (Å²) in [6.45, 7) is 10.7. The van der Waals surface area contributed by atoms with Crippen LogP contribution in [0.5, 0.6) is 0 Å². The molecular formula is C21H31N3O3. The zero-order valence-electron chi connectivity index (χ0n) is 16.7. The third-order valence-corrected chi connectivity index (χ3v) is 7.28. The third-order valence-electron chi connectivity index (χ3n) is 7.28. The van der Waals surface area contributed by atoms with Gasteiger partial charge in [0.25, 0.3) is 0 Å². The molecule has 0 radical (unpaired) electrons. The van der Waals surface area contributed by atoms with Crippen molar-refractivity contribution in [1.82, 2.24) is 14.7 Å². The minimum absolute atomic E-state index is 0.0841. The van der Waals surface area contributed by atoms with Gasteiger partial charge in [0.2, 0.25) is 11.8 Å². The second-order valence-corrected chi connectivity index (χ2v) is 9.99. The van der Waals surface area contributed by atoms with Crippen LogP contribution >= 0.6 is 0 Å². The van der Waals surface area contributed by atoms with Gasteiger partial charge in [-0.25, -0.2) is 0 Å². The summed E-state index contributed by atoms with van der Waals surface area (Å²) in [4.78, 5) is 32.9. The molecule has 27 heavy (non-hydrogen) atoms. The van der Waals surface area contributed by atoms with E-state index in [4.69, 9.17) is 4.74 Å². The Hall–Kier alpha value is -1.40. The minimum atomic E-state index is -0.591. The lowest BCUT2D eigenvalue weighted by atomic mass is 9.76. The summed E-state index contributed by atoms with van der Waals surface area (Å²) >= 11 is 0. The smallest absolute Gasteiger partial charge is 0.230 e. The molecule has 5 aliphatic heterocycles. The second kappa shape index (κ2) is 5.80. The van der Waals surface area contributed by atoms with Crippen LogP contribution in [0, 0.1) is 11.8 Å². The van der Waals surface area contributed by atoms with E-state index in [0.29, 0.717) is 12.6 Å². The van der Waals surface area contributed by atoms with Gasteiger partial charge in [0, 0.05) is 24.7 Å². The summed E-state index contributed by atoms with van der Waals surface area (Å²) in [5.74, 6) is -0.500. The van der Waals surface area contributed by atoms with Crippen LogP contribution in [0.2, 0.25) is 0 Å². The van der Waals surface area contributed by atoms with Crippen LogP contribution < -0.4 is 0 Å². The molecule has 0 aromatic rings. The van der Waals surface area contributed by atoms with Gasteiger partial charge in [-0.2, -0.15) is 0 Å². The van der Waals surface area contributed by atoms with Gasteiger partial charge in [-0.1, -0.05) is 18.6 Å². The maximum atomic E-state index is 13.3. The Labute approximate surface area is 161 Å². The SMILES string of the molecule is CC(C)(C)N1C[C@]23C=C[C@H](O2)C(C(=O)N2CC(N4CCCCC4)C2)C3C1=O.